The molecule has 0 bridgehead atoms. The largest absolute Gasteiger partial charge is 0.0614 e. The highest BCUT2D eigenvalue weighted by Gasteiger charge is 2.26. The van der Waals surface area contributed by atoms with Crippen molar-refractivity contribution in [2.75, 3.05) is 0 Å². The lowest BCUT2D eigenvalue weighted by Crippen LogP contribution is -1.89. The fraction of sp³-hybridized carbons (Fsp3) is 0.250. The number of rotatable bonds is 2. The molecule has 0 heterocycles. The highest BCUT2D eigenvalue weighted by atomic mass is 14.3. The Labute approximate surface area is 144 Å². The molecule has 0 saturated heterocycles. The highest BCUT2D eigenvalue weighted by Crippen LogP contribution is 2.45. The third kappa shape index (κ3) is 1.86. The standard InChI is InChI=1S/C24H22/c1-3-15-8-9-17-11-18-12-23-19(14-24(18)21(17)10-15)13-22-16(4-2)6-5-7-20(22)23/h5-10,12,14H,3-4,11,13H2,1-2H3. The van der Waals surface area contributed by atoms with Gasteiger partial charge in [0.25, 0.3) is 0 Å². The van der Waals surface area contributed by atoms with Gasteiger partial charge in [-0.15, -0.1) is 0 Å². The molecule has 0 saturated carbocycles. The molecule has 0 aromatic heterocycles. The van der Waals surface area contributed by atoms with Crippen LogP contribution in [-0.2, 0) is 25.7 Å². The smallest absolute Gasteiger partial charge is 0.00105 e. The second kappa shape index (κ2) is 5.08. The maximum Gasteiger partial charge on any atom is -0.00105 e. The maximum atomic E-state index is 2.48. The van der Waals surface area contributed by atoms with E-state index in [1.807, 2.05) is 0 Å². The molecule has 24 heavy (non-hydrogen) atoms. The Hall–Kier alpha value is -2.34. The minimum Gasteiger partial charge on any atom is -0.0614 e. The molecule has 0 atom stereocenters. The molecule has 0 amide bonds. The number of fused-ring (bicyclic) bond motifs is 6. The van der Waals surface area contributed by atoms with E-state index in [1.54, 1.807) is 5.56 Å². The monoisotopic (exact) mass is 310 g/mol. The van der Waals surface area contributed by atoms with Crippen LogP contribution in [0.1, 0.15) is 47.2 Å². The Morgan fingerprint density at radius 3 is 2.21 bits per heavy atom. The number of hydrogen-bond acceptors (Lipinski definition) is 0. The average molecular weight is 310 g/mol. The number of benzene rings is 3. The van der Waals surface area contributed by atoms with Gasteiger partial charge in [0.1, 0.15) is 0 Å². The van der Waals surface area contributed by atoms with Crippen molar-refractivity contribution in [3.63, 3.8) is 0 Å². The summed E-state index contributed by atoms with van der Waals surface area (Å²) in [7, 11) is 0. The summed E-state index contributed by atoms with van der Waals surface area (Å²) in [6.45, 7) is 4.50. The van der Waals surface area contributed by atoms with Crippen LogP contribution in [0.2, 0.25) is 0 Å². The van der Waals surface area contributed by atoms with Crippen LogP contribution in [-0.4, -0.2) is 0 Å². The average Bonchev–Trinajstić information content (AvgIpc) is 3.16. The molecule has 0 nitrogen and oxygen atoms in total. The molecule has 2 aliphatic rings. The van der Waals surface area contributed by atoms with Crippen molar-refractivity contribution >= 4 is 0 Å². The first-order chi connectivity index (χ1) is 11.8. The molecule has 3 aromatic rings. The van der Waals surface area contributed by atoms with Gasteiger partial charge in [0, 0.05) is 0 Å². The summed E-state index contributed by atoms with van der Waals surface area (Å²) in [6, 6.07) is 18.8. The van der Waals surface area contributed by atoms with Gasteiger partial charge in [0.05, 0.1) is 0 Å². The molecular formula is C24H22. The van der Waals surface area contributed by atoms with Crippen LogP contribution in [0, 0.1) is 0 Å². The molecule has 0 aliphatic heterocycles. The summed E-state index contributed by atoms with van der Waals surface area (Å²) >= 11 is 0. The molecule has 0 spiro atoms. The number of aryl methyl sites for hydroxylation is 2. The summed E-state index contributed by atoms with van der Waals surface area (Å²) in [4.78, 5) is 0. The summed E-state index contributed by atoms with van der Waals surface area (Å²) in [5.41, 5.74) is 14.9. The van der Waals surface area contributed by atoms with E-state index >= 15 is 0 Å². The van der Waals surface area contributed by atoms with Gasteiger partial charge in [-0.3, -0.25) is 0 Å². The predicted octanol–water partition coefficient (Wildman–Crippen LogP) is 5.95. The SMILES string of the molecule is CCc1ccc2c(c1)-c1cc3c(cc1C2)-c1cccc(CC)c1C3. The zero-order valence-corrected chi connectivity index (χ0v) is 14.4. The Bertz CT molecular complexity index is 976. The van der Waals surface area contributed by atoms with E-state index in [0.29, 0.717) is 0 Å². The molecule has 0 radical (unpaired) electrons. The molecule has 0 unspecified atom stereocenters. The van der Waals surface area contributed by atoms with Crippen molar-refractivity contribution in [3.05, 3.63) is 81.9 Å². The summed E-state index contributed by atoms with van der Waals surface area (Å²) < 4.78 is 0. The van der Waals surface area contributed by atoms with Crippen molar-refractivity contribution in [2.24, 2.45) is 0 Å². The maximum absolute atomic E-state index is 2.48. The third-order valence-corrected chi connectivity index (χ3v) is 5.89. The minimum atomic E-state index is 1.09. The normalized spacial score (nSPS) is 13.4. The molecule has 0 heteroatoms. The van der Waals surface area contributed by atoms with Crippen LogP contribution in [0.4, 0.5) is 0 Å². The predicted molar refractivity (Wildman–Crippen MR) is 102 cm³/mol. The van der Waals surface area contributed by atoms with E-state index in [4.69, 9.17) is 0 Å². The van der Waals surface area contributed by atoms with Gasteiger partial charge in [-0.1, -0.05) is 50.2 Å². The van der Waals surface area contributed by atoms with Gasteiger partial charge in [0.15, 0.2) is 0 Å². The fourth-order valence-corrected chi connectivity index (χ4v) is 4.55. The van der Waals surface area contributed by atoms with Gasteiger partial charge < -0.3 is 0 Å². The van der Waals surface area contributed by atoms with Crippen LogP contribution >= 0.6 is 0 Å². The second-order valence-electron chi connectivity index (χ2n) is 7.16. The highest BCUT2D eigenvalue weighted by molar-refractivity contribution is 5.86. The van der Waals surface area contributed by atoms with E-state index in [2.05, 4.69) is 62.4 Å². The van der Waals surface area contributed by atoms with Crippen molar-refractivity contribution in [2.45, 2.75) is 39.5 Å². The first-order valence-corrected chi connectivity index (χ1v) is 9.17. The van der Waals surface area contributed by atoms with Gasteiger partial charge in [-0.25, -0.2) is 0 Å². The van der Waals surface area contributed by atoms with Crippen molar-refractivity contribution in [1.29, 1.82) is 0 Å². The van der Waals surface area contributed by atoms with Crippen LogP contribution in [0.5, 0.6) is 0 Å². The van der Waals surface area contributed by atoms with Gasteiger partial charge >= 0.3 is 0 Å². The molecule has 2 aliphatic carbocycles. The molecule has 118 valence electrons. The lowest BCUT2D eigenvalue weighted by Gasteiger charge is -2.07. The zero-order chi connectivity index (χ0) is 16.3. The van der Waals surface area contributed by atoms with Crippen LogP contribution < -0.4 is 0 Å². The molecular weight excluding hydrogens is 288 g/mol. The topological polar surface area (TPSA) is 0 Å². The van der Waals surface area contributed by atoms with E-state index in [9.17, 15) is 0 Å². The van der Waals surface area contributed by atoms with Crippen LogP contribution in [0.25, 0.3) is 22.3 Å². The van der Waals surface area contributed by atoms with Gasteiger partial charge in [0.2, 0.25) is 0 Å². The van der Waals surface area contributed by atoms with Crippen molar-refractivity contribution < 1.29 is 0 Å². The van der Waals surface area contributed by atoms with Gasteiger partial charge in [-0.05, 0) is 93.5 Å². The summed E-state index contributed by atoms with van der Waals surface area (Å²) in [5, 5.41) is 0. The van der Waals surface area contributed by atoms with E-state index in [0.717, 1.165) is 25.7 Å². The van der Waals surface area contributed by atoms with Crippen molar-refractivity contribution in [1.82, 2.24) is 0 Å². The quantitative estimate of drug-likeness (QED) is 0.378. The molecule has 5 rings (SSSR count). The Balaban J connectivity index is 1.68. The summed E-state index contributed by atoms with van der Waals surface area (Å²) in [5.74, 6) is 0. The summed E-state index contributed by atoms with van der Waals surface area (Å²) in [6.07, 6.45) is 4.42. The van der Waals surface area contributed by atoms with E-state index in [1.165, 1.54) is 50.1 Å². The lowest BCUT2D eigenvalue weighted by atomic mass is 9.97. The molecule has 3 aromatic carbocycles. The number of hydrogen-bond donors (Lipinski definition) is 0. The van der Waals surface area contributed by atoms with Gasteiger partial charge in [-0.2, -0.15) is 0 Å². The first kappa shape index (κ1) is 14.0. The Morgan fingerprint density at radius 2 is 1.42 bits per heavy atom. The van der Waals surface area contributed by atoms with E-state index < -0.39 is 0 Å². The van der Waals surface area contributed by atoms with Crippen molar-refractivity contribution in [3.8, 4) is 22.3 Å². The zero-order valence-electron chi connectivity index (χ0n) is 14.4. The van der Waals surface area contributed by atoms with E-state index in [-0.39, 0.29) is 0 Å². The first-order valence-electron chi connectivity index (χ1n) is 9.17. The fourth-order valence-electron chi connectivity index (χ4n) is 4.55. The Kier molecular flexibility index (Phi) is 2.97. The Morgan fingerprint density at radius 1 is 0.667 bits per heavy atom. The molecule has 0 fully saturated rings. The van der Waals surface area contributed by atoms with Crippen LogP contribution in [0.15, 0.2) is 48.5 Å². The third-order valence-electron chi connectivity index (χ3n) is 5.89. The molecule has 0 N–H and O–H groups in total. The second-order valence-corrected chi connectivity index (χ2v) is 7.16. The lowest BCUT2D eigenvalue weighted by molar-refractivity contribution is 1.08. The van der Waals surface area contributed by atoms with Crippen LogP contribution in [0.3, 0.4) is 0 Å². The minimum absolute atomic E-state index is 1.09.